The Labute approximate surface area is 50.0 Å². The van der Waals surface area contributed by atoms with Crippen LogP contribution in [0.25, 0.3) is 0 Å². The highest BCUT2D eigenvalue weighted by atomic mass is 19.1. The zero-order valence-electron chi connectivity index (χ0n) is 4.59. The summed E-state index contributed by atoms with van der Waals surface area (Å²) in [6, 6.07) is 0. The van der Waals surface area contributed by atoms with Crippen molar-refractivity contribution < 1.29 is 23.2 Å². The second-order valence-electron chi connectivity index (χ2n) is 1.77. The number of carbonyl (C=O) groups is 2. The minimum atomic E-state index is -3.15. The van der Waals surface area contributed by atoms with E-state index in [1.807, 2.05) is 0 Å². The molecule has 0 amide bonds. The van der Waals surface area contributed by atoms with Crippen molar-refractivity contribution in [1.82, 2.24) is 0 Å². The molecule has 1 saturated heterocycles. The van der Waals surface area contributed by atoms with Gasteiger partial charge in [-0.05, 0) is 0 Å². The molecule has 50 valence electrons. The predicted octanol–water partition coefficient (Wildman–Crippen LogP) is -0.375. The second kappa shape index (κ2) is 1.46. The molecule has 9 heavy (non-hydrogen) atoms. The summed E-state index contributed by atoms with van der Waals surface area (Å²) in [7, 11) is 0. The molecule has 1 heterocycles. The van der Waals surface area contributed by atoms with Crippen LogP contribution in [0.15, 0.2) is 0 Å². The summed E-state index contributed by atoms with van der Waals surface area (Å²) in [5, 5.41) is 0. The van der Waals surface area contributed by atoms with E-state index in [0.717, 1.165) is 6.82 Å². The largest absolute Gasteiger partial charge is 0.622 e. The van der Waals surface area contributed by atoms with Crippen molar-refractivity contribution in [3.05, 3.63) is 0 Å². The fourth-order valence-electron chi connectivity index (χ4n) is 0.503. The van der Waals surface area contributed by atoms with E-state index in [2.05, 4.69) is 9.31 Å². The molecule has 4 nitrogen and oxygen atoms in total. The fraction of sp³-hybridized carbons (Fsp3) is 0.333. The van der Waals surface area contributed by atoms with Gasteiger partial charge in [-0.1, -0.05) is 6.82 Å². The van der Waals surface area contributed by atoms with Gasteiger partial charge in [-0.15, -0.1) is 0 Å². The molecule has 0 unspecified atom stereocenters. The fourth-order valence-corrected chi connectivity index (χ4v) is 0.503. The Morgan fingerprint density at radius 1 is 1.33 bits per heavy atom. The van der Waals surface area contributed by atoms with Gasteiger partial charge >= 0.3 is 18.8 Å². The average Bonchev–Trinajstić information content (AvgIpc) is 1.79. The summed E-state index contributed by atoms with van der Waals surface area (Å²) >= 11 is 0. The maximum absolute atomic E-state index is 12.3. The first kappa shape index (κ1) is 6.06. The van der Waals surface area contributed by atoms with E-state index in [1.54, 1.807) is 0 Å². The molecule has 6 heteroatoms. The number of hydrogen-bond donors (Lipinski definition) is 0. The van der Waals surface area contributed by atoms with Crippen LogP contribution in [0.2, 0.25) is 6.82 Å². The third-order valence-corrected chi connectivity index (χ3v) is 0.802. The minimum Gasteiger partial charge on any atom is -0.622 e. The first-order chi connectivity index (χ1) is 4.01. The van der Waals surface area contributed by atoms with Crippen molar-refractivity contribution in [2.24, 2.45) is 0 Å². The molecule has 0 aromatic rings. The molecule has 1 aliphatic rings. The van der Waals surface area contributed by atoms with Gasteiger partial charge in [-0.25, -0.2) is 9.59 Å². The third-order valence-electron chi connectivity index (χ3n) is 0.802. The van der Waals surface area contributed by atoms with Crippen LogP contribution in [0, 0.1) is 0 Å². The number of hydrogen-bond acceptors (Lipinski definition) is 4. The van der Waals surface area contributed by atoms with E-state index in [1.165, 1.54) is 0 Å². The van der Waals surface area contributed by atoms with Gasteiger partial charge in [0.1, 0.15) is 0 Å². The Hall–Kier alpha value is -1.07. The van der Waals surface area contributed by atoms with Crippen molar-refractivity contribution in [3.8, 4) is 0 Å². The Kier molecular flexibility index (Phi) is 0.983. The minimum absolute atomic E-state index is 0.892. The summed E-state index contributed by atoms with van der Waals surface area (Å²) < 4.78 is 20.0. The zero-order valence-corrected chi connectivity index (χ0v) is 4.59. The van der Waals surface area contributed by atoms with Gasteiger partial charge in [0.05, 0.1) is 0 Å². The van der Waals surface area contributed by atoms with Gasteiger partial charge in [0.25, 0.3) is 0 Å². The van der Waals surface area contributed by atoms with E-state index in [0.29, 0.717) is 0 Å². The number of halogens is 1. The highest BCUT2D eigenvalue weighted by Gasteiger charge is 2.39. The van der Waals surface area contributed by atoms with Crippen LogP contribution in [-0.4, -0.2) is 18.8 Å². The van der Waals surface area contributed by atoms with E-state index >= 15 is 0 Å². The lowest BCUT2D eigenvalue weighted by atomic mass is 9.89. The van der Waals surface area contributed by atoms with Crippen molar-refractivity contribution in [3.63, 3.8) is 0 Å². The van der Waals surface area contributed by atoms with Gasteiger partial charge in [0.2, 0.25) is 0 Å². The van der Waals surface area contributed by atoms with Crippen LogP contribution >= 0.6 is 0 Å². The molecule has 1 aliphatic heterocycles. The van der Waals surface area contributed by atoms with E-state index in [4.69, 9.17) is 0 Å². The molecule has 0 atom stereocenters. The van der Waals surface area contributed by atoms with Gasteiger partial charge in [-0.3, -0.25) is 0 Å². The van der Waals surface area contributed by atoms with Crippen molar-refractivity contribution >= 4 is 18.8 Å². The van der Waals surface area contributed by atoms with Gasteiger partial charge in [-0.2, -0.15) is 0 Å². The highest BCUT2D eigenvalue weighted by Crippen LogP contribution is 2.15. The maximum atomic E-state index is 12.3. The topological polar surface area (TPSA) is 52.6 Å². The molecule has 0 radical (unpaired) electrons. The lowest BCUT2D eigenvalue weighted by molar-refractivity contribution is -0.150. The molecular formula is C3H3BFO4-. The Balaban J connectivity index is 2.76. The molecular weight excluding hydrogens is 130 g/mol. The first-order valence-corrected chi connectivity index (χ1v) is 2.33. The molecule has 0 bridgehead atoms. The average molecular weight is 133 g/mol. The molecule has 0 spiro atoms. The summed E-state index contributed by atoms with van der Waals surface area (Å²) in [5.74, 6) is -2.53. The van der Waals surface area contributed by atoms with Gasteiger partial charge in [0, 0.05) is 0 Å². The molecule has 1 rings (SSSR count). The molecule has 0 aromatic carbocycles. The Bertz CT molecular complexity index is 159. The maximum Gasteiger partial charge on any atom is 0.527 e. The van der Waals surface area contributed by atoms with Crippen LogP contribution in [-0.2, 0) is 18.9 Å². The monoisotopic (exact) mass is 133 g/mol. The molecule has 0 saturated carbocycles. The third kappa shape index (κ3) is 1.01. The second-order valence-corrected chi connectivity index (χ2v) is 1.77. The molecule has 0 aliphatic carbocycles. The van der Waals surface area contributed by atoms with Crippen molar-refractivity contribution in [2.45, 2.75) is 6.82 Å². The van der Waals surface area contributed by atoms with Gasteiger partial charge < -0.3 is 13.6 Å². The first-order valence-electron chi connectivity index (χ1n) is 2.33. The van der Waals surface area contributed by atoms with Crippen LogP contribution < -0.4 is 0 Å². The van der Waals surface area contributed by atoms with E-state index < -0.39 is 18.8 Å². The number of carbonyl (C=O) groups excluding carboxylic acids is 2. The van der Waals surface area contributed by atoms with Crippen LogP contribution in [0.3, 0.4) is 0 Å². The summed E-state index contributed by atoms with van der Waals surface area (Å²) in [6.45, 7) is -2.26. The standard InChI is InChI=1S/C3H3BFO4/c1-4(5)8-2(6)3(7)9-4/h1H3/q-1. The smallest absolute Gasteiger partial charge is 0.527 e. The molecule has 0 N–H and O–H groups in total. The zero-order chi connectivity index (χ0) is 7.07. The molecule has 0 aromatic heterocycles. The summed E-state index contributed by atoms with van der Waals surface area (Å²) in [5.41, 5.74) is 0. The molecule has 1 fully saturated rings. The quantitative estimate of drug-likeness (QED) is 0.334. The van der Waals surface area contributed by atoms with Gasteiger partial charge in [0.15, 0.2) is 0 Å². The van der Waals surface area contributed by atoms with Crippen LogP contribution in [0.4, 0.5) is 4.32 Å². The van der Waals surface area contributed by atoms with Crippen molar-refractivity contribution in [2.75, 3.05) is 0 Å². The Morgan fingerprint density at radius 3 is 1.78 bits per heavy atom. The number of rotatable bonds is 0. The summed E-state index contributed by atoms with van der Waals surface area (Å²) in [6.07, 6.45) is 0. The van der Waals surface area contributed by atoms with E-state index in [-0.39, 0.29) is 0 Å². The lowest BCUT2D eigenvalue weighted by Crippen LogP contribution is -2.25. The highest BCUT2D eigenvalue weighted by molar-refractivity contribution is 6.69. The predicted molar refractivity (Wildman–Crippen MR) is 24.9 cm³/mol. The lowest BCUT2D eigenvalue weighted by Gasteiger charge is -2.16. The Morgan fingerprint density at radius 2 is 1.67 bits per heavy atom. The normalized spacial score (nSPS) is 23.3. The SMILES string of the molecule is C[B-]1(F)OC(=O)C(=O)O1. The van der Waals surface area contributed by atoms with Crippen LogP contribution in [0.5, 0.6) is 0 Å². The summed E-state index contributed by atoms with van der Waals surface area (Å²) in [4.78, 5) is 20.1. The van der Waals surface area contributed by atoms with Crippen molar-refractivity contribution in [1.29, 1.82) is 0 Å². The van der Waals surface area contributed by atoms with Crippen LogP contribution in [0.1, 0.15) is 0 Å². The van der Waals surface area contributed by atoms with E-state index in [9.17, 15) is 13.9 Å².